The normalized spacial score (nSPS) is 10.2. The minimum Gasteiger partial charge on any atom is -0.457 e. The Kier molecular flexibility index (Phi) is 6.70. The van der Waals surface area contributed by atoms with Gasteiger partial charge in [-0.05, 0) is 60.7 Å². The molecular weight excluding hydrogens is 372 g/mol. The maximum atomic E-state index is 12.2. The number of ether oxygens (including phenoxy) is 1. The zero-order chi connectivity index (χ0) is 19.8. The highest BCUT2D eigenvalue weighted by Crippen LogP contribution is 2.23. The van der Waals surface area contributed by atoms with Crippen LogP contribution in [-0.2, 0) is 9.59 Å². The first kappa shape index (κ1) is 19.5. The lowest BCUT2D eigenvalue weighted by Gasteiger charge is -2.08. The number of anilines is 2. The third-order valence-electron chi connectivity index (χ3n) is 3.66. The Bertz CT molecular complexity index is 926. The molecule has 3 rings (SSSR count). The molecule has 6 heteroatoms. The number of carbonyl (C=O) groups excluding carboxylic acids is 2. The minimum atomic E-state index is -0.111. The summed E-state index contributed by atoms with van der Waals surface area (Å²) in [5, 5.41) is 5.58. The van der Waals surface area contributed by atoms with Crippen molar-refractivity contribution in [3.63, 3.8) is 0 Å². The standard InChI is InChI=1S/C22H20N2O3S/c1-16(25)23-17-9-13-21(14-10-17)28-15-22(26)24-18-7-11-20(12-8-18)27-19-5-3-2-4-6-19/h2-14H,15H2,1H3,(H,23,25)(H,24,26). The molecule has 3 aromatic rings. The van der Waals surface area contributed by atoms with Crippen LogP contribution in [0.2, 0.25) is 0 Å². The van der Waals surface area contributed by atoms with Crippen LogP contribution in [0.25, 0.3) is 0 Å². The summed E-state index contributed by atoms with van der Waals surface area (Å²) >= 11 is 1.43. The molecule has 142 valence electrons. The SMILES string of the molecule is CC(=O)Nc1ccc(SCC(=O)Nc2ccc(Oc3ccccc3)cc2)cc1. The van der Waals surface area contributed by atoms with Crippen LogP contribution in [-0.4, -0.2) is 17.6 Å². The monoisotopic (exact) mass is 392 g/mol. The number of rotatable bonds is 7. The van der Waals surface area contributed by atoms with Gasteiger partial charge in [-0.2, -0.15) is 0 Å². The van der Waals surface area contributed by atoms with E-state index in [0.29, 0.717) is 17.2 Å². The molecule has 0 bridgehead atoms. The fraction of sp³-hybridized carbons (Fsp3) is 0.0909. The molecule has 0 aliphatic carbocycles. The van der Waals surface area contributed by atoms with Crippen LogP contribution in [0.1, 0.15) is 6.92 Å². The molecule has 0 spiro atoms. The number of benzene rings is 3. The van der Waals surface area contributed by atoms with E-state index < -0.39 is 0 Å². The highest BCUT2D eigenvalue weighted by Gasteiger charge is 2.05. The number of hydrogen-bond acceptors (Lipinski definition) is 4. The van der Waals surface area contributed by atoms with Gasteiger partial charge >= 0.3 is 0 Å². The van der Waals surface area contributed by atoms with E-state index in [1.165, 1.54) is 18.7 Å². The predicted octanol–water partition coefficient (Wildman–Crippen LogP) is 5.17. The van der Waals surface area contributed by atoms with Gasteiger partial charge in [0.25, 0.3) is 0 Å². The predicted molar refractivity (Wildman–Crippen MR) is 113 cm³/mol. The van der Waals surface area contributed by atoms with Crippen LogP contribution < -0.4 is 15.4 Å². The van der Waals surface area contributed by atoms with Gasteiger partial charge in [-0.25, -0.2) is 0 Å². The maximum absolute atomic E-state index is 12.2. The number of amides is 2. The van der Waals surface area contributed by atoms with Crippen LogP contribution >= 0.6 is 11.8 Å². The lowest BCUT2D eigenvalue weighted by molar-refractivity contribution is -0.114. The van der Waals surface area contributed by atoms with E-state index in [-0.39, 0.29) is 11.8 Å². The Morgan fingerprint density at radius 3 is 2.00 bits per heavy atom. The summed E-state index contributed by atoms with van der Waals surface area (Å²) in [6.07, 6.45) is 0. The second kappa shape index (κ2) is 9.62. The van der Waals surface area contributed by atoms with E-state index in [9.17, 15) is 9.59 Å². The molecule has 5 nitrogen and oxygen atoms in total. The molecule has 0 aliphatic heterocycles. The van der Waals surface area contributed by atoms with Gasteiger partial charge in [0, 0.05) is 23.2 Å². The molecule has 0 heterocycles. The number of carbonyl (C=O) groups is 2. The fourth-order valence-corrected chi connectivity index (χ4v) is 3.11. The van der Waals surface area contributed by atoms with Crippen molar-refractivity contribution in [3.8, 4) is 11.5 Å². The lowest BCUT2D eigenvalue weighted by atomic mass is 10.3. The van der Waals surface area contributed by atoms with Crippen molar-refractivity contribution >= 4 is 35.0 Å². The first-order valence-corrected chi connectivity index (χ1v) is 9.70. The highest BCUT2D eigenvalue weighted by atomic mass is 32.2. The summed E-state index contributed by atoms with van der Waals surface area (Å²) in [6.45, 7) is 1.47. The first-order chi connectivity index (χ1) is 13.6. The van der Waals surface area contributed by atoms with E-state index in [2.05, 4.69) is 10.6 Å². The zero-order valence-electron chi connectivity index (χ0n) is 15.3. The molecule has 2 amide bonds. The van der Waals surface area contributed by atoms with Crippen LogP contribution in [0.3, 0.4) is 0 Å². The molecule has 0 aromatic heterocycles. The molecule has 0 unspecified atom stereocenters. The van der Waals surface area contributed by atoms with Gasteiger partial charge in [-0.3, -0.25) is 9.59 Å². The quantitative estimate of drug-likeness (QED) is 0.545. The molecule has 2 N–H and O–H groups in total. The highest BCUT2D eigenvalue weighted by molar-refractivity contribution is 8.00. The molecule has 0 saturated carbocycles. The van der Waals surface area contributed by atoms with Crippen LogP contribution in [0.15, 0.2) is 83.8 Å². The van der Waals surface area contributed by atoms with E-state index in [1.807, 2.05) is 78.9 Å². The Labute approximate surface area is 168 Å². The van der Waals surface area contributed by atoms with Gasteiger partial charge in [0.15, 0.2) is 0 Å². The Hall–Kier alpha value is -3.25. The van der Waals surface area contributed by atoms with E-state index in [4.69, 9.17) is 4.74 Å². The molecule has 28 heavy (non-hydrogen) atoms. The Morgan fingerprint density at radius 1 is 0.786 bits per heavy atom. The summed E-state index contributed by atoms with van der Waals surface area (Å²) in [4.78, 5) is 24.1. The summed E-state index contributed by atoms with van der Waals surface area (Å²) in [5.41, 5.74) is 1.45. The van der Waals surface area contributed by atoms with Crippen molar-refractivity contribution < 1.29 is 14.3 Å². The average molecular weight is 392 g/mol. The van der Waals surface area contributed by atoms with Crippen molar-refractivity contribution in [2.45, 2.75) is 11.8 Å². The molecule has 3 aromatic carbocycles. The fourth-order valence-electron chi connectivity index (χ4n) is 2.41. The zero-order valence-corrected chi connectivity index (χ0v) is 16.2. The summed E-state index contributed by atoms with van der Waals surface area (Å²) in [5.74, 6) is 1.56. The third-order valence-corrected chi connectivity index (χ3v) is 4.67. The van der Waals surface area contributed by atoms with Gasteiger partial charge in [0.2, 0.25) is 11.8 Å². The number of hydrogen-bond donors (Lipinski definition) is 2. The van der Waals surface area contributed by atoms with Crippen molar-refractivity contribution in [3.05, 3.63) is 78.9 Å². The summed E-state index contributed by atoms with van der Waals surface area (Å²) in [6, 6.07) is 24.1. The molecule has 0 saturated heterocycles. The minimum absolute atomic E-state index is 0.0901. The largest absolute Gasteiger partial charge is 0.457 e. The molecule has 0 radical (unpaired) electrons. The average Bonchev–Trinajstić information content (AvgIpc) is 2.69. The third kappa shape index (κ3) is 6.17. The van der Waals surface area contributed by atoms with Crippen molar-refractivity contribution in [1.29, 1.82) is 0 Å². The van der Waals surface area contributed by atoms with Crippen molar-refractivity contribution in [2.24, 2.45) is 0 Å². The number of thioether (sulfide) groups is 1. The van der Waals surface area contributed by atoms with Crippen molar-refractivity contribution in [2.75, 3.05) is 16.4 Å². The maximum Gasteiger partial charge on any atom is 0.234 e. The molecule has 0 aliphatic rings. The topological polar surface area (TPSA) is 67.4 Å². The summed E-state index contributed by atoms with van der Waals surface area (Å²) < 4.78 is 5.73. The Morgan fingerprint density at radius 2 is 1.36 bits per heavy atom. The summed E-state index contributed by atoms with van der Waals surface area (Å²) in [7, 11) is 0. The van der Waals surface area contributed by atoms with Gasteiger partial charge in [0.05, 0.1) is 5.75 Å². The number of para-hydroxylation sites is 1. The molecule has 0 atom stereocenters. The van der Waals surface area contributed by atoms with Crippen molar-refractivity contribution in [1.82, 2.24) is 0 Å². The van der Waals surface area contributed by atoms with Gasteiger partial charge in [0.1, 0.15) is 11.5 Å². The van der Waals surface area contributed by atoms with E-state index >= 15 is 0 Å². The van der Waals surface area contributed by atoms with Gasteiger partial charge in [-0.15, -0.1) is 11.8 Å². The van der Waals surface area contributed by atoms with E-state index in [1.54, 1.807) is 0 Å². The van der Waals surface area contributed by atoms with E-state index in [0.717, 1.165) is 16.3 Å². The smallest absolute Gasteiger partial charge is 0.234 e. The van der Waals surface area contributed by atoms with Crippen LogP contribution in [0.4, 0.5) is 11.4 Å². The molecular formula is C22H20N2O3S. The second-order valence-electron chi connectivity index (χ2n) is 5.98. The van der Waals surface area contributed by atoms with Gasteiger partial charge in [-0.1, -0.05) is 18.2 Å². The van der Waals surface area contributed by atoms with Gasteiger partial charge < -0.3 is 15.4 Å². The van der Waals surface area contributed by atoms with Crippen LogP contribution in [0, 0.1) is 0 Å². The lowest BCUT2D eigenvalue weighted by Crippen LogP contribution is -2.13. The molecule has 0 fully saturated rings. The number of nitrogens with one attached hydrogen (secondary N) is 2. The van der Waals surface area contributed by atoms with Crippen LogP contribution in [0.5, 0.6) is 11.5 Å². The Balaban J connectivity index is 1.47. The second-order valence-corrected chi connectivity index (χ2v) is 7.03. The first-order valence-electron chi connectivity index (χ1n) is 8.72.